The van der Waals surface area contributed by atoms with Crippen molar-refractivity contribution >= 4 is 18.3 Å². The fourth-order valence-electron chi connectivity index (χ4n) is 1.31. The van der Waals surface area contributed by atoms with Crippen LogP contribution in [0.2, 0.25) is 0 Å². The number of rotatable bonds is 6. The summed E-state index contributed by atoms with van der Waals surface area (Å²) in [6.45, 7) is 2.07. The third-order valence-corrected chi connectivity index (χ3v) is 2.08. The summed E-state index contributed by atoms with van der Waals surface area (Å²) in [6, 6.07) is 2.84. The van der Waals surface area contributed by atoms with Crippen LogP contribution in [-0.2, 0) is 4.79 Å². The summed E-state index contributed by atoms with van der Waals surface area (Å²) in [5.41, 5.74) is 5.45. The van der Waals surface area contributed by atoms with Crippen LogP contribution in [0.3, 0.4) is 0 Å². The predicted molar refractivity (Wildman–Crippen MR) is 70.4 cm³/mol. The quantitative estimate of drug-likeness (QED) is 0.784. The molecule has 0 aromatic heterocycles. The summed E-state index contributed by atoms with van der Waals surface area (Å²) in [5.74, 6) is -1.66. The molecule has 1 aromatic rings. The molecule has 1 atom stereocenters. The maximum Gasteiger partial charge on any atom is 0.221 e. The molecule has 0 fully saturated rings. The van der Waals surface area contributed by atoms with Crippen molar-refractivity contribution in [1.29, 1.82) is 0 Å². The van der Waals surface area contributed by atoms with Crippen molar-refractivity contribution in [2.45, 2.75) is 19.4 Å². The molecule has 19 heavy (non-hydrogen) atoms. The van der Waals surface area contributed by atoms with Gasteiger partial charge in [0.2, 0.25) is 5.91 Å². The van der Waals surface area contributed by atoms with Crippen LogP contribution < -0.4 is 15.8 Å². The van der Waals surface area contributed by atoms with Gasteiger partial charge in [-0.2, -0.15) is 0 Å². The highest BCUT2D eigenvalue weighted by Crippen LogP contribution is 2.17. The molecule has 0 aliphatic heterocycles. The molecule has 0 saturated heterocycles. The Bertz CT molecular complexity index is 417. The number of carbonyl (C=O) groups is 1. The number of carbonyl (C=O) groups excluding carboxylic acids is 1. The van der Waals surface area contributed by atoms with Gasteiger partial charge in [-0.3, -0.25) is 4.79 Å². The lowest BCUT2D eigenvalue weighted by Crippen LogP contribution is -2.32. The maximum atomic E-state index is 13.1. The van der Waals surface area contributed by atoms with E-state index in [0.29, 0.717) is 0 Å². The number of nitrogens with one attached hydrogen (secondary N) is 1. The minimum atomic E-state index is -0.767. The number of ether oxygens (including phenoxy) is 1. The van der Waals surface area contributed by atoms with Gasteiger partial charge in [0.15, 0.2) is 11.6 Å². The van der Waals surface area contributed by atoms with Gasteiger partial charge >= 0.3 is 0 Å². The lowest BCUT2D eigenvalue weighted by Gasteiger charge is -2.09. The normalized spacial score (nSPS) is 11.4. The third-order valence-electron chi connectivity index (χ3n) is 2.08. The van der Waals surface area contributed by atoms with E-state index in [4.69, 9.17) is 10.5 Å². The van der Waals surface area contributed by atoms with Crippen LogP contribution in [0.25, 0.3) is 0 Å². The maximum absolute atomic E-state index is 13.1. The van der Waals surface area contributed by atoms with Gasteiger partial charge in [0.05, 0.1) is 6.54 Å². The Labute approximate surface area is 116 Å². The van der Waals surface area contributed by atoms with E-state index < -0.39 is 11.6 Å². The van der Waals surface area contributed by atoms with E-state index >= 15 is 0 Å². The van der Waals surface area contributed by atoms with Gasteiger partial charge in [-0.25, -0.2) is 8.78 Å². The van der Waals surface area contributed by atoms with E-state index in [0.717, 1.165) is 12.1 Å². The molecule has 1 aromatic carbocycles. The van der Waals surface area contributed by atoms with Crippen LogP contribution in [0.15, 0.2) is 18.2 Å². The summed E-state index contributed by atoms with van der Waals surface area (Å²) in [4.78, 5) is 11.2. The Kier molecular flexibility index (Phi) is 8.02. The Morgan fingerprint density at radius 1 is 1.47 bits per heavy atom. The molecule has 0 spiro atoms. The fourth-order valence-corrected chi connectivity index (χ4v) is 1.31. The Balaban J connectivity index is 0.00000324. The molecule has 4 nitrogen and oxygen atoms in total. The van der Waals surface area contributed by atoms with Gasteiger partial charge < -0.3 is 15.8 Å². The van der Waals surface area contributed by atoms with E-state index in [9.17, 15) is 13.6 Å². The van der Waals surface area contributed by atoms with Gasteiger partial charge in [-0.1, -0.05) is 0 Å². The summed E-state index contributed by atoms with van der Waals surface area (Å²) >= 11 is 0. The number of nitrogens with two attached hydrogens (primary N) is 1. The molecule has 0 saturated carbocycles. The zero-order chi connectivity index (χ0) is 13.5. The Morgan fingerprint density at radius 2 is 2.16 bits per heavy atom. The van der Waals surface area contributed by atoms with Crippen LogP contribution in [0.4, 0.5) is 8.78 Å². The minimum Gasteiger partial charge on any atom is -0.489 e. The molecule has 0 bridgehead atoms. The summed E-state index contributed by atoms with van der Waals surface area (Å²) in [5, 5.41) is 2.57. The van der Waals surface area contributed by atoms with Crippen molar-refractivity contribution in [3.05, 3.63) is 29.8 Å². The second-order valence-electron chi connectivity index (χ2n) is 3.95. The predicted octanol–water partition coefficient (Wildman–Crippen LogP) is 1.62. The van der Waals surface area contributed by atoms with Gasteiger partial charge in [0.25, 0.3) is 0 Å². The average molecular weight is 295 g/mol. The minimum absolute atomic E-state index is 0. The monoisotopic (exact) mass is 294 g/mol. The van der Waals surface area contributed by atoms with Crippen molar-refractivity contribution in [2.75, 3.05) is 13.2 Å². The smallest absolute Gasteiger partial charge is 0.221 e. The first-order chi connectivity index (χ1) is 8.49. The van der Waals surface area contributed by atoms with E-state index in [1.165, 1.54) is 6.07 Å². The van der Waals surface area contributed by atoms with E-state index in [2.05, 4.69) is 5.32 Å². The SMILES string of the molecule is CC(N)CC(=O)NCCOc1ccc(F)cc1F.Cl. The standard InChI is InChI=1S/C12H16F2N2O2.ClH/c1-8(15)6-12(17)16-4-5-18-11-3-2-9(13)7-10(11)14;/h2-3,7-8H,4-6,15H2,1H3,(H,16,17);1H. The molecular formula is C12H17ClF2N2O2. The van der Waals surface area contributed by atoms with Crippen LogP contribution in [0.5, 0.6) is 5.75 Å². The van der Waals surface area contributed by atoms with Crippen LogP contribution in [-0.4, -0.2) is 25.1 Å². The number of hydrogen-bond acceptors (Lipinski definition) is 3. The van der Waals surface area contributed by atoms with Gasteiger partial charge in [0, 0.05) is 18.5 Å². The molecule has 108 valence electrons. The summed E-state index contributed by atoms with van der Waals surface area (Å²) < 4.78 is 30.8. The van der Waals surface area contributed by atoms with Gasteiger partial charge in [-0.05, 0) is 19.1 Å². The lowest BCUT2D eigenvalue weighted by molar-refractivity contribution is -0.121. The van der Waals surface area contributed by atoms with Crippen molar-refractivity contribution < 1.29 is 18.3 Å². The molecule has 3 N–H and O–H groups in total. The zero-order valence-electron chi connectivity index (χ0n) is 10.5. The van der Waals surface area contributed by atoms with Crippen molar-refractivity contribution in [3.8, 4) is 5.75 Å². The molecule has 0 aliphatic rings. The first kappa shape index (κ1) is 17.6. The number of hydrogen-bond donors (Lipinski definition) is 2. The number of benzene rings is 1. The van der Waals surface area contributed by atoms with Crippen molar-refractivity contribution in [1.82, 2.24) is 5.32 Å². The Hall–Kier alpha value is -1.40. The molecular weight excluding hydrogens is 278 g/mol. The first-order valence-corrected chi connectivity index (χ1v) is 5.59. The van der Waals surface area contributed by atoms with Crippen LogP contribution in [0, 0.1) is 11.6 Å². The third kappa shape index (κ3) is 6.93. The zero-order valence-corrected chi connectivity index (χ0v) is 11.3. The number of amides is 1. The highest BCUT2D eigenvalue weighted by atomic mass is 35.5. The molecule has 7 heteroatoms. The van der Waals surface area contributed by atoms with E-state index in [1.807, 2.05) is 0 Å². The van der Waals surface area contributed by atoms with Crippen molar-refractivity contribution in [2.24, 2.45) is 5.73 Å². The summed E-state index contributed by atoms with van der Waals surface area (Å²) in [7, 11) is 0. The van der Waals surface area contributed by atoms with Crippen LogP contribution >= 0.6 is 12.4 Å². The molecule has 1 rings (SSSR count). The molecule has 0 aliphatic carbocycles. The van der Waals surface area contributed by atoms with Gasteiger partial charge in [0.1, 0.15) is 12.4 Å². The largest absolute Gasteiger partial charge is 0.489 e. The highest BCUT2D eigenvalue weighted by Gasteiger charge is 2.06. The first-order valence-electron chi connectivity index (χ1n) is 5.59. The van der Waals surface area contributed by atoms with Crippen molar-refractivity contribution in [3.63, 3.8) is 0 Å². The topological polar surface area (TPSA) is 64.4 Å². The molecule has 1 unspecified atom stereocenters. The highest BCUT2D eigenvalue weighted by molar-refractivity contribution is 5.85. The second kappa shape index (κ2) is 8.66. The number of halogens is 3. The molecule has 1 amide bonds. The molecule has 0 heterocycles. The van der Waals surface area contributed by atoms with Gasteiger partial charge in [-0.15, -0.1) is 12.4 Å². The molecule has 0 radical (unpaired) electrons. The fraction of sp³-hybridized carbons (Fsp3) is 0.417. The van der Waals surface area contributed by atoms with E-state index in [1.54, 1.807) is 6.92 Å². The lowest BCUT2D eigenvalue weighted by atomic mass is 10.2. The van der Waals surface area contributed by atoms with Crippen LogP contribution in [0.1, 0.15) is 13.3 Å². The summed E-state index contributed by atoms with van der Waals surface area (Å²) in [6.07, 6.45) is 0.227. The Morgan fingerprint density at radius 3 is 2.74 bits per heavy atom. The second-order valence-corrected chi connectivity index (χ2v) is 3.95. The average Bonchev–Trinajstić information content (AvgIpc) is 2.25. The van der Waals surface area contributed by atoms with E-state index in [-0.39, 0.29) is 49.7 Å².